The Morgan fingerprint density at radius 2 is 2.16 bits per heavy atom. The van der Waals surface area contributed by atoms with Crippen LogP contribution in [-0.2, 0) is 6.42 Å². The Kier molecular flexibility index (Phi) is 3.97. The molecule has 0 aliphatic heterocycles. The molecular weight excluding hydrogens is 266 g/mol. The van der Waals surface area contributed by atoms with Crippen LogP contribution in [-0.4, -0.2) is 9.91 Å². The van der Waals surface area contributed by atoms with E-state index >= 15 is 0 Å². The second kappa shape index (κ2) is 5.67. The number of hydrogen-bond donors (Lipinski definition) is 1. The molecule has 0 amide bonds. The lowest BCUT2D eigenvalue weighted by molar-refractivity contribution is -0.384. The highest BCUT2D eigenvalue weighted by Gasteiger charge is 2.15. The topological polar surface area (TPSA) is 68.1 Å². The van der Waals surface area contributed by atoms with E-state index in [0.29, 0.717) is 0 Å². The van der Waals surface area contributed by atoms with Gasteiger partial charge in [0.1, 0.15) is 5.15 Å². The summed E-state index contributed by atoms with van der Waals surface area (Å²) in [6.45, 7) is 2.04. The fourth-order valence-electron chi connectivity index (χ4n) is 1.67. The average Bonchev–Trinajstić information content (AvgIpc) is 2.38. The van der Waals surface area contributed by atoms with Gasteiger partial charge in [-0.25, -0.2) is 4.98 Å². The zero-order valence-electron chi connectivity index (χ0n) is 10.3. The standard InChI is InChI=1S/C13H12ClN3O2/c1-2-9-4-3-5-10(8-9)15-13-11(17(18)19)6-7-12(14)16-13/h3-8H,2H2,1H3,(H,15,16). The molecule has 0 aliphatic rings. The first kappa shape index (κ1) is 13.3. The molecule has 98 valence electrons. The number of benzene rings is 1. The Balaban J connectivity index is 2.36. The molecule has 2 rings (SSSR count). The normalized spacial score (nSPS) is 10.2. The first-order chi connectivity index (χ1) is 9.10. The third-order valence-corrected chi connectivity index (χ3v) is 2.85. The van der Waals surface area contributed by atoms with Crippen molar-refractivity contribution in [2.45, 2.75) is 13.3 Å². The lowest BCUT2D eigenvalue weighted by atomic mass is 10.1. The summed E-state index contributed by atoms with van der Waals surface area (Å²) in [6, 6.07) is 10.4. The van der Waals surface area contributed by atoms with Crippen molar-refractivity contribution in [3.05, 3.63) is 57.2 Å². The maximum Gasteiger partial charge on any atom is 0.311 e. The zero-order valence-corrected chi connectivity index (χ0v) is 11.0. The van der Waals surface area contributed by atoms with Crippen LogP contribution in [0.15, 0.2) is 36.4 Å². The van der Waals surface area contributed by atoms with E-state index in [1.807, 2.05) is 31.2 Å². The van der Waals surface area contributed by atoms with Gasteiger partial charge in [-0.05, 0) is 30.2 Å². The van der Waals surface area contributed by atoms with Crippen molar-refractivity contribution in [2.75, 3.05) is 5.32 Å². The Morgan fingerprint density at radius 3 is 2.84 bits per heavy atom. The molecule has 0 radical (unpaired) electrons. The largest absolute Gasteiger partial charge is 0.334 e. The van der Waals surface area contributed by atoms with Crippen molar-refractivity contribution in [1.29, 1.82) is 0 Å². The average molecular weight is 278 g/mol. The third-order valence-electron chi connectivity index (χ3n) is 2.63. The molecule has 0 atom stereocenters. The van der Waals surface area contributed by atoms with Crippen LogP contribution < -0.4 is 5.32 Å². The van der Waals surface area contributed by atoms with Crippen molar-refractivity contribution >= 4 is 28.8 Å². The molecular formula is C13H12ClN3O2. The van der Waals surface area contributed by atoms with Crippen molar-refractivity contribution in [1.82, 2.24) is 4.98 Å². The highest BCUT2D eigenvalue weighted by Crippen LogP contribution is 2.27. The van der Waals surface area contributed by atoms with Gasteiger partial charge in [-0.15, -0.1) is 0 Å². The molecule has 5 nitrogen and oxygen atoms in total. The van der Waals surface area contributed by atoms with Crippen LogP contribution in [0.3, 0.4) is 0 Å². The molecule has 0 fully saturated rings. The molecule has 2 aromatic rings. The van der Waals surface area contributed by atoms with Gasteiger partial charge in [0, 0.05) is 11.8 Å². The summed E-state index contributed by atoms with van der Waals surface area (Å²) < 4.78 is 0. The van der Waals surface area contributed by atoms with Crippen molar-refractivity contribution < 1.29 is 4.92 Å². The number of nitrogens with one attached hydrogen (secondary N) is 1. The van der Waals surface area contributed by atoms with Crippen LogP contribution in [0.2, 0.25) is 5.15 Å². The molecule has 0 saturated heterocycles. The molecule has 0 spiro atoms. The summed E-state index contributed by atoms with van der Waals surface area (Å²) in [5, 5.41) is 14.1. The van der Waals surface area contributed by atoms with Crippen LogP contribution >= 0.6 is 11.6 Å². The predicted octanol–water partition coefficient (Wildman–Crippen LogP) is 3.95. The van der Waals surface area contributed by atoms with Crippen LogP contribution in [0.4, 0.5) is 17.2 Å². The van der Waals surface area contributed by atoms with Gasteiger partial charge in [0.2, 0.25) is 5.82 Å². The Bertz CT molecular complexity index is 617. The minimum atomic E-state index is -0.491. The molecule has 1 N–H and O–H groups in total. The van der Waals surface area contributed by atoms with Crippen LogP contribution in [0.5, 0.6) is 0 Å². The highest BCUT2D eigenvalue weighted by atomic mass is 35.5. The van der Waals surface area contributed by atoms with Gasteiger partial charge in [-0.2, -0.15) is 0 Å². The van der Waals surface area contributed by atoms with Crippen LogP contribution in [0.25, 0.3) is 0 Å². The Hall–Kier alpha value is -2.14. The van der Waals surface area contributed by atoms with Crippen LogP contribution in [0.1, 0.15) is 12.5 Å². The van der Waals surface area contributed by atoms with E-state index in [2.05, 4.69) is 10.3 Å². The quantitative estimate of drug-likeness (QED) is 0.522. The number of aryl methyl sites for hydroxylation is 1. The lowest BCUT2D eigenvalue weighted by Gasteiger charge is -2.07. The zero-order chi connectivity index (χ0) is 13.8. The second-order valence-electron chi connectivity index (χ2n) is 3.94. The van der Waals surface area contributed by atoms with E-state index in [4.69, 9.17) is 11.6 Å². The van der Waals surface area contributed by atoms with Crippen molar-refractivity contribution in [3.8, 4) is 0 Å². The van der Waals surface area contributed by atoms with Crippen molar-refractivity contribution in [3.63, 3.8) is 0 Å². The first-order valence-corrected chi connectivity index (χ1v) is 6.15. The summed E-state index contributed by atoms with van der Waals surface area (Å²) in [6.07, 6.45) is 0.889. The first-order valence-electron chi connectivity index (χ1n) is 5.77. The van der Waals surface area contributed by atoms with E-state index in [9.17, 15) is 10.1 Å². The number of nitrogens with zero attached hydrogens (tertiary/aromatic N) is 2. The number of hydrogen-bond acceptors (Lipinski definition) is 4. The van der Waals surface area contributed by atoms with Gasteiger partial charge >= 0.3 is 5.69 Å². The SMILES string of the molecule is CCc1cccc(Nc2nc(Cl)ccc2[N+](=O)[O-])c1. The van der Waals surface area contributed by atoms with E-state index in [1.54, 1.807) is 0 Å². The van der Waals surface area contributed by atoms with Crippen LogP contribution in [0, 0.1) is 10.1 Å². The molecule has 6 heteroatoms. The van der Waals surface area contributed by atoms with Gasteiger partial charge < -0.3 is 5.32 Å². The maximum absolute atomic E-state index is 10.9. The van der Waals surface area contributed by atoms with Crippen molar-refractivity contribution in [2.24, 2.45) is 0 Å². The maximum atomic E-state index is 10.9. The fraction of sp³-hybridized carbons (Fsp3) is 0.154. The number of pyridine rings is 1. The molecule has 0 saturated carbocycles. The predicted molar refractivity (Wildman–Crippen MR) is 75.0 cm³/mol. The van der Waals surface area contributed by atoms with E-state index in [-0.39, 0.29) is 16.7 Å². The third kappa shape index (κ3) is 3.20. The molecule has 0 unspecified atom stereocenters. The second-order valence-corrected chi connectivity index (χ2v) is 4.32. The fourth-order valence-corrected chi connectivity index (χ4v) is 1.82. The number of nitro groups is 1. The Labute approximate surface area is 115 Å². The lowest BCUT2D eigenvalue weighted by Crippen LogP contribution is -2.00. The minimum Gasteiger partial charge on any atom is -0.334 e. The van der Waals surface area contributed by atoms with Gasteiger partial charge in [0.15, 0.2) is 0 Å². The summed E-state index contributed by atoms with van der Waals surface area (Å²) in [5.41, 5.74) is 1.78. The number of halogens is 1. The van der Waals surface area contributed by atoms with Gasteiger partial charge in [0.05, 0.1) is 4.92 Å². The van der Waals surface area contributed by atoms with Gasteiger partial charge in [-0.3, -0.25) is 10.1 Å². The van der Waals surface area contributed by atoms with E-state index < -0.39 is 4.92 Å². The Morgan fingerprint density at radius 1 is 1.37 bits per heavy atom. The van der Waals surface area contributed by atoms with E-state index in [0.717, 1.165) is 17.7 Å². The molecule has 19 heavy (non-hydrogen) atoms. The molecule has 0 aliphatic carbocycles. The molecule has 1 aromatic carbocycles. The summed E-state index contributed by atoms with van der Waals surface area (Å²) in [5.74, 6) is 0.144. The summed E-state index contributed by atoms with van der Waals surface area (Å²) in [7, 11) is 0. The minimum absolute atomic E-state index is 0.105. The highest BCUT2D eigenvalue weighted by molar-refractivity contribution is 6.29. The number of aromatic nitrogens is 1. The van der Waals surface area contributed by atoms with E-state index in [1.165, 1.54) is 12.1 Å². The summed E-state index contributed by atoms with van der Waals surface area (Å²) in [4.78, 5) is 14.4. The molecule has 0 bridgehead atoms. The summed E-state index contributed by atoms with van der Waals surface area (Å²) >= 11 is 5.77. The molecule has 1 heterocycles. The van der Waals surface area contributed by atoms with Gasteiger partial charge in [-0.1, -0.05) is 30.7 Å². The monoisotopic (exact) mass is 277 g/mol. The molecule has 1 aromatic heterocycles. The number of anilines is 2. The number of rotatable bonds is 4. The van der Waals surface area contributed by atoms with Gasteiger partial charge in [0.25, 0.3) is 0 Å². The smallest absolute Gasteiger partial charge is 0.311 e.